The van der Waals surface area contributed by atoms with E-state index in [1.165, 1.54) is 38.5 Å². The molecular formula is C20H29ClN2O. The van der Waals surface area contributed by atoms with Gasteiger partial charge in [0.2, 0.25) is 0 Å². The maximum absolute atomic E-state index is 13.1. The number of nitrogens with zero attached hydrogens (tertiary/aromatic N) is 1. The van der Waals surface area contributed by atoms with E-state index in [0.717, 1.165) is 36.9 Å². The van der Waals surface area contributed by atoms with Crippen molar-refractivity contribution in [3.8, 4) is 0 Å². The van der Waals surface area contributed by atoms with Crippen molar-refractivity contribution in [2.75, 3.05) is 5.32 Å². The molecule has 132 valence electrons. The molecule has 24 heavy (non-hydrogen) atoms. The summed E-state index contributed by atoms with van der Waals surface area (Å²) in [6.07, 6.45) is 12.2. The van der Waals surface area contributed by atoms with E-state index in [-0.39, 0.29) is 6.03 Å². The molecule has 0 saturated heterocycles. The summed E-state index contributed by atoms with van der Waals surface area (Å²) in [6, 6.07) is 6.64. The largest absolute Gasteiger partial charge is 0.322 e. The van der Waals surface area contributed by atoms with Crippen LogP contribution in [0.2, 0.25) is 5.02 Å². The molecule has 2 saturated carbocycles. The summed E-state index contributed by atoms with van der Waals surface area (Å²) in [5.74, 6) is 0. The SMILES string of the molecule is Cc1ccc(NC(=O)N(C2CCCCC2)C2CCCCC2)cc1Cl. The highest BCUT2D eigenvalue weighted by Crippen LogP contribution is 2.31. The number of amides is 2. The van der Waals surface area contributed by atoms with Crippen LogP contribution in [-0.2, 0) is 0 Å². The van der Waals surface area contributed by atoms with Crippen molar-refractivity contribution in [2.45, 2.75) is 83.2 Å². The highest BCUT2D eigenvalue weighted by atomic mass is 35.5. The number of urea groups is 1. The van der Waals surface area contributed by atoms with Gasteiger partial charge in [0.25, 0.3) is 0 Å². The fourth-order valence-corrected chi connectivity index (χ4v) is 4.39. The summed E-state index contributed by atoms with van der Waals surface area (Å²) in [5.41, 5.74) is 1.83. The highest BCUT2D eigenvalue weighted by molar-refractivity contribution is 6.31. The van der Waals surface area contributed by atoms with Crippen molar-refractivity contribution < 1.29 is 4.79 Å². The topological polar surface area (TPSA) is 32.3 Å². The first-order chi connectivity index (χ1) is 11.6. The third kappa shape index (κ3) is 4.24. The molecule has 0 spiro atoms. The second-order valence-electron chi connectivity index (χ2n) is 7.39. The number of nitrogens with one attached hydrogen (secondary N) is 1. The number of rotatable bonds is 3. The minimum absolute atomic E-state index is 0.0636. The van der Waals surface area contributed by atoms with E-state index in [0.29, 0.717) is 17.1 Å². The predicted molar refractivity (Wildman–Crippen MR) is 101 cm³/mol. The number of aryl methyl sites for hydroxylation is 1. The molecule has 0 radical (unpaired) electrons. The van der Waals surface area contributed by atoms with E-state index in [1.807, 2.05) is 25.1 Å². The molecule has 1 N–H and O–H groups in total. The monoisotopic (exact) mass is 348 g/mol. The minimum Gasteiger partial charge on any atom is -0.319 e. The number of anilines is 1. The van der Waals surface area contributed by atoms with Crippen LogP contribution in [-0.4, -0.2) is 23.0 Å². The summed E-state index contributed by atoms with van der Waals surface area (Å²) in [6.45, 7) is 1.98. The van der Waals surface area contributed by atoms with E-state index in [2.05, 4.69) is 10.2 Å². The predicted octanol–water partition coefficient (Wildman–Crippen LogP) is 6.15. The van der Waals surface area contributed by atoms with Gasteiger partial charge in [-0.25, -0.2) is 4.79 Å². The van der Waals surface area contributed by atoms with Gasteiger partial charge in [-0.3, -0.25) is 0 Å². The van der Waals surface area contributed by atoms with E-state index >= 15 is 0 Å². The Hall–Kier alpha value is -1.22. The van der Waals surface area contributed by atoms with Crippen LogP contribution in [0, 0.1) is 6.92 Å². The molecule has 3 rings (SSSR count). The average Bonchev–Trinajstić information content (AvgIpc) is 2.60. The van der Waals surface area contributed by atoms with Crippen molar-refractivity contribution in [3.63, 3.8) is 0 Å². The lowest BCUT2D eigenvalue weighted by atomic mass is 9.89. The smallest absolute Gasteiger partial charge is 0.319 e. The first kappa shape index (κ1) is 17.6. The van der Waals surface area contributed by atoms with Gasteiger partial charge in [0.15, 0.2) is 0 Å². The Morgan fingerprint density at radius 2 is 1.54 bits per heavy atom. The van der Waals surface area contributed by atoms with E-state index in [4.69, 9.17) is 11.6 Å². The van der Waals surface area contributed by atoms with Gasteiger partial charge in [0.1, 0.15) is 0 Å². The van der Waals surface area contributed by atoms with Crippen LogP contribution in [0.15, 0.2) is 18.2 Å². The zero-order chi connectivity index (χ0) is 16.9. The Balaban J connectivity index is 1.75. The van der Waals surface area contributed by atoms with Crippen LogP contribution in [0.5, 0.6) is 0 Å². The molecule has 0 unspecified atom stereocenters. The number of benzene rings is 1. The summed E-state index contributed by atoms with van der Waals surface area (Å²) in [4.78, 5) is 15.3. The van der Waals surface area contributed by atoms with Gasteiger partial charge < -0.3 is 10.2 Å². The van der Waals surface area contributed by atoms with Gasteiger partial charge in [-0.2, -0.15) is 0 Å². The van der Waals surface area contributed by atoms with Gasteiger partial charge in [0.05, 0.1) is 0 Å². The molecule has 2 amide bonds. The summed E-state index contributed by atoms with van der Waals surface area (Å²) in [7, 11) is 0. The fourth-order valence-electron chi connectivity index (χ4n) is 4.21. The van der Waals surface area contributed by atoms with Crippen LogP contribution in [0.25, 0.3) is 0 Å². The maximum atomic E-state index is 13.1. The van der Waals surface area contributed by atoms with E-state index in [1.54, 1.807) is 0 Å². The summed E-state index contributed by atoms with van der Waals surface area (Å²) >= 11 is 6.21. The lowest BCUT2D eigenvalue weighted by Crippen LogP contribution is -2.50. The zero-order valence-electron chi connectivity index (χ0n) is 14.7. The van der Waals surface area contributed by atoms with Gasteiger partial charge in [-0.1, -0.05) is 56.2 Å². The van der Waals surface area contributed by atoms with Gasteiger partial charge in [-0.05, 0) is 50.3 Å². The third-order valence-electron chi connectivity index (χ3n) is 5.59. The molecule has 0 heterocycles. The quantitative estimate of drug-likeness (QED) is 0.698. The van der Waals surface area contributed by atoms with Crippen molar-refractivity contribution in [3.05, 3.63) is 28.8 Å². The van der Waals surface area contributed by atoms with Crippen LogP contribution in [0.3, 0.4) is 0 Å². The standard InChI is InChI=1S/C20H29ClN2O/c1-15-12-13-16(14-19(15)21)22-20(24)23(17-8-4-2-5-9-17)18-10-6-3-7-11-18/h12-14,17-18H,2-11H2,1H3,(H,22,24). The molecule has 1 aromatic rings. The van der Waals surface area contributed by atoms with Crippen molar-refractivity contribution in [1.29, 1.82) is 0 Å². The first-order valence-corrected chi connectivity index (χ1v) is 9.88. The molecule has 0 aliphatic heterocycles. The fraction of sp³-hybridized carbons (Fsp3) is 0.650. The molecular weight excluding hydrogens is 320 g/mol. The zero-order valence-corrected chi connectivity index (χ0v) is 15.4. The minimum atomic E-state index is 0.0636. The Morgan fingerprint density at radius 3 is 2.04 bits per heavy atom. The number of carbonyl (C=O) groups excluding carboxylic acids is 1. The lowest BCUT2D eigenvalue weighted by Gasteiger charge is -2.41. The molecule has 2 aliphatic carbocycles. The molecule has 0 atom stereocenters. The van der Waals surface area contributed by atoms with E-state index in [9.17, 15) is 4.79 Å². The summed E-state index contributed by atoms with van der Waals surface area (Å²) < 4.78 is 0. The van der Waals surface area contributed by atoms with Crippen LogP contribution in [0.4, 0.5) is 10.5 Å². The van der Waals surface area contributed by atoms with Crippen molar-refractivity contribution >= 4 is 23.3 Å². The molecule has 2 fully saturated rings. The second kappa shape index (κ2) is 8.24. The molecule has 1 aromatic carbocycles. The number of hydrogen-bond donors (Lipinski definition) is 1. The molecule has 0 bridgehead atoms. The summed E-state index contributed by atoms with van der Waals surface area (Å²) in [5, 5.41) is 3.81. The van der Waals surface area contributed by atoms with Crippen LogP contribution < -0.4 is 5.32 Å². The van der Waals surface area contributed by atoms with E-state index < -0.39 is 0 Å². The maximum Gasteiger partial charge on any atom is 0.322 e. The molecule has 3 nitrogen and oxygen atoms in total. The average molecular weight is 349 g/mol. The van der Waals surface area contributed by atoms with Crippen molar-refractivity contribution in [2.24, 2.45) is 0 Å². The molecule has 2 aliphatic rings. The Kier molecular flexibility index (Phi) is 6.04. The number of hydrogen-bond acceptors (Lipinski definition) is 1. The van der Waals surface area contributed by atoms with Gasteiger partial charge in [0, 0.05) is 22.8 Å². The van der Waals surface area contributed by atoms with Crippen molar-refractivity contribution in [1.82, 2.24) is 4.90 Å². The van der Waals surface area contributed by atoms with Gasteiger partial charge in [-0.15, -0.1) is 0 Å². The number of halogens is 1. The normalized spacial score (nSPS) is 19.9. The highest BCUT2D eigenvalue weighted by Gasteiger charge is 2.32. The Morgan fingerprint density at radius 1 is 1.00 bits per heavy atom. The van der Waals surface area contributed by atoms with Crippen LogP contribution in [0.1, 0.15) is 69.8 Å². The first-order valence-electron chi connectivity index (χ1n) is 9.50. The van der Waals surface area contributed by atoms with Gasteiger partial charge >= 0.3 is 6.03 Å². The lowest BCUT2D eigenvalue weighted by molar-refractivity contribution is 0.114. The molecule has 4 heteroatoms. The number of carbonyl (C=O) groups is 1. The third-order valence-corrected chi connectivity index (χ3v) is 6.00. The Labute approximate surface area is 150 Å². The molecule has 0 aromatic heterocycles. The second-order valence-corrected chi connectivity index (χ2v) is 7.79. The van der Waals surface area contributed by atoms with Crippen LogP contribution >= 0.6 is 11.6 Å². The Bertz CT molecular complexity index is 545.